The predicted octanol–water partition coefficient (Wildman–Crippen LogP) is 1.53. The van der Waals surface area contributed by atoms with Gasteiger partial charge in [0.15, 0.2) is 0 Å². The number of carbonyl (C=O) groups is 1. The van der Waals surface area contributed by atoms with E-state index in [9.17, 15) is 14.9 Å². The van der Waals surface area contributed by atoms with Gasteiger partial charge in [0, 0.05) is 30.4 Å². The van der Waals surface area contributed by atoms with Gasteiger partial charge in [-0.25, -0.2) is 0 Å². The van der Waals surface area contributed by atoms with Gasteiger partial charge in [-0.15, -0.1) is 0 Å². The Balaban J connectivity index is 2.00. The molecular weight excluding hydrogens is 274 g/mol. The smallest absolute Gasteiger partial charge is 0.272 e. The third-order valence-corrected chi connectivity index (χ3v) is 3.56. The summed E-state index contributed by atoms with van der Waals surface area (Å²) in [5, 5.41) is 16.7. The highest BCUT2D eigenvalue weighted by atomic mass is 16.6. The second kappa shape index (κ2) is 5.79. The third kappa shape index (κ3) is 3.56. The molecule has 1 amide bonds. The van der Waals surface area contributed by atoms with Gasteiger partial charge in [0.05, 0.1) is 10.5 Å². The zero-order valence-electron chi connectivity index (χ0n) is 12.4. The molecule has 1 aromatic carbocycles. The molecule has 114 valence electrons. The Kier molecular flexibility index (Phi) is 4.24. The van der Waals surface area contributed by atoms with Crippen LogP contribution in [-0.4, -0.2) is 36.1 Å². The average molecular weight is 293 g/mol. The van der Waals surface area contributed by atoms with Crippen LogP contribution < -0.4 is 10.6 Å². The zero-order chi connectivity index (χ0) is 15.6. The first-order valence-corrected chi connectivity index (χ1v) is 6.71. The number of benzene rings is 1. The lowest BCUT2D eigenvalue weighted by Gasteiger charge is -2.38. The number of aryl methyl sites for hydroxylation is 2. The van der Waals surface area contributed by atoms with Crippen LogP contribution in [0.2, 0.25) is 0 Å². The number of rotatable bonds is 5. The van der Waals surface area contributed by atoms with Gasteiger partial charge in [0.25, 0.3) is 5.69 Å². The molecule has 1 aromatic rings. The van der Waals surface area contributed by atoms with Crippen molar-refractivity contribution < 1.29 is 14.5 Å². The van der Waals surface area contributed by atoms with Gasteiger partial charge < -0.3 is 15.4 Å². The van der Waals surface area contributed by atoms with Gasteiger partial charge in [-0.2, -0.15) is 0 Å². The van der Waals surface area contributed by atoms with Crippen molar-refractivity contribution in [2.45, 2.75) is 26.4 Å². The molecule has 1 aliphatic rings. The molecule has 0 aliphatic carbocycles. The van der Waals surface area contributed by atoms with Crippen molar-refractivity contribution in [3.05, 3.63) is 33.4 Å². The topological polar surface area (TPSA) is 93.5 Å². The van der Waals surface area contributed by atoms with Crippen LogP contribution in [0.15, 0.2) is 12.1 Å². The molecule has 0 atom stereocenters. The van der Waals surface area contributed by atoms with E-state index in [1.54, 1.807) is 19.9 Å². The molecule has 21 heavy (non-hydrogen) atoms. The van der Waals surface area contributed by atoms with Gasteiger partial charge >= 0.3 is 0 Å². The van der Waals surface area contributed by atoms with E-state index in [1.807, 2.05) is 6.92 Å². The molecule has 0 bridgehead atoms. The van der Waals surface area contributed by atoms with Gasteiger partial charge in [-0.1, -0.05) is 0 Å². The molecule has 0 spiro atoms. The molecule has 1 aliphatic heterocycles. The zero-order valence-corrected chi connectivity index (χ0v) is 12.4. The molecule has 1 saturated heterocycles. The van der Waals surface area contributed by atoms with E-state index in [0.717, 1.165) is 13.1 Å². The summed E-state index contributed by atoms with van der Waals surface area (Å²) in [5.74, 6) is -0.264. The lowest BCUT2D eigenvalue weighted by Crippen LogP contribution is -2.59. The Morgan fingerprint density at radius 1 is 1.43 bits per heavy atom. The Labute approximate surface area is 122 Å². The minimum atomic E-state index is -0.429. The molecule has 0 saturated carbocycles. The van der Waals surface area contributed by atoms with E-state index in [-0.39, 0.29) is 23.8 Å². The number of ether oxygens (including phenoxy) is 1. The summed E-state index contributed by atoms with van der Waals surface area (Å²) in [5.41, 5.74) is 1.50. The minimum absolute atomic E-state index is 0.0341. The van der Waals surface area contributed by atoms with Crippen LogP contribution in [0.3, 0.4) is 0 Å². The number of carbonyl (C=O) groups excluding carboxylic acids is 1. The largest absolute Gasteiger partial charge is 0.363 e. The van der Waals surface area contributed by atoms with Crippen molar-refractivity contribution in [1.82, 2.24) is 5.32 Å². The molecule has 0 aromatic heterocycles. The van der Waals surface area contributed by atoms with Crippen LogP contribution in [0.4, 0.5) is 11.4 Å². The molecule has 7 heteroatoms. The maximum absolute atomic E-state index is 11.9. The first kappa shape index (κ1) is 15.4. The number of nitro groups is 1. The quantitative estimate of drug-likeness (QED) is 0.634. The number of amides is 1. The molecule has 1 heterocycles. The monoisotopic (exact) mass is 293 g/mol. The van der Waals surface area contributed by atoms with Crippen molar-refractivity contribution >= 4 is 17.3 Å². The van der Waals surface area contributed by atoms with Crippen LogP contribution >= 0.6 is 0 Å². The van der Waals surface area contributed by atoms with Crippen molar-refractivity contribution in [2.24, 2.45) is 0 Å². The lowest BCUT2D eigenvalue weighted by molar-refractivity contribution is -0.385. The summed E-state index contributed by atoms with van der Waals surface area (Å²) in [6.45, 7) is 6.74. The normalized spacial score (nSPS) is 16.1. The van der Waals surface area contributed by atoms with Crippen LogP contribution in [0.5, 0.6) is 0 Å². The fourth-order valence-electron chi connectivity index (χ4n) is 2.14. The highest BCUT2D eigenvalue weighted by Crippen LogP contribution is 2.26. The molecular formula is C14H19N3O4. The van der Waals surface area contributed by atoms with Crippen LogP contribution in [0.1, 0.15) is 18.1 Å². The first-order valence-electron chi connectivity index (χ1n) is 6.71. The van der Waals surface area contributed by atoms with Crippen molar-refractivity contribution in [3.8, 4) is 0 Å². The van der Waals surface area contributed by atoms with Crippen molar-refractivity contribution in [3.63, 3.8) is 0 Å². The Morgan fingerprint density at radius 2 is 2.10 bits per heavy atom. The molecule has 0 radical (unpaired) electrons. The summed E-state index contributed by atoms with van der Waals surface area (Å²) in [6.07, 6.45) is 0. The van der Waals surface area contributed by atoms with Gasteiger partial charge in [-0.05, 0) is 32.4 Å². The number of nitro benzene ring substituents is 1. The fraction of sp³-hybridized carbons (Fsp3) is 0.500. The standard InChI is InChI=1S/C14H19N3O4/c1-9-5-12(17(19)20)10(2)4-11(9)16-13(18)6-21-14(3)7-15-8-14/h4-5,15H,6-8H2,1-3H3,(H,16,18). The molecule has 1 fully saturated rings. The number of hydrogen-bond acceptors (Lipinski definition) is 5. The van der Waals surface area contributed by atoms with E-state index in [2.05, 4.69) is 10.6 Å². The molecule has 0 unspecified atom stereocenters. The summed E-state index contributed by atoms with van der Waals surface area (Å²) in [7, 11) is 0. The van der Waals surface area contributed by atoms with Crippen LogP contribution in [0, 0.1) is 24.0 Å². The Morgan fingerprint density at radius 3 is 2.62 bits per heavy atom. The highest BCUT2D eigenvalue weighted by Gasteiger charge is 2.33. The van der Waals surface area contributed by atoms with Crippen LogP contribution in [-0.2, 0) is 9.53 Å². The minimum Gasteiger partial charge on any atom is -0.363 e. The van der Waals surface area contributed by atoms with Crippen molar-refractivity contribution in [1.29, 1.82) is 0 Å². The second-order valence-electron chi connectivity index (χ2n) is 5.60. The second-order valence-corrected chi connectivity index (χ2v) is 5.60. The van der Waals surface area contributed by atoms with Gasteiger partial charge in [-0.3, -0.25) is 14.9 Å². The predicted molar refractivity (Wildman–Crippen MR) is 78.4 cm³/mol. The third-order valence-electron chi connectivity index (χ3n) is 3.56. The summed E-state index contributed by atoms with van der Waals surface area (Å²) >= 11 is 0. The highest BCUT2D eigenvalue weighted by molar-refractivity contribution is 5.92. The van der Waals surface area contributed by atoms with Crippen LogP contribution in [0.25, 0.3) is 0 Å². The summed E-state index contributed by atoms with van der Waals surface area (Å²) < 4.78 is 5.55. The van der Waals surface area contributed by atoms with E-state index < -0.39 is 4.92 Å². The average Bonchev–Trinajstić information content (AvgIpc) is 2.37. The molecule has 7 nitrogen and oxygen atoms in total. The van der Waals surface area contributed by atoms with E-state index in [1.165, 1.54) is 6.07 Å². The van der Waals surface area contributed by atoms with Gasteiger partial charge in [0.2, 0.25) is 5.91 Å². The SMILES string of the molecule is Cc1cc([N+](=O)[O-])c(C)cc1NC(=O)COC1(C)CNC1. The molecule has 2 rings (SSSR count). The van der Waals surface area contributed by atoms with Gasteiger partial charge in [0.1, 0.15) is 6.61 Å². The lowest BCUT2D eigenvalue weighted by atomic mass is 10.0. The number of anilines is 1. The Hall–Kier alpha value is -1.99. The number of nitrogens with one attached hydrogen (secondary N) is 2. The van der Waals surface area contributed by atoms with E-state index in [0.29, 0.717) is 16.8 Å². The van der Waals surface area contributed by atoms with Crippen molar-refractivity contribution in [2.75, 3.05) is 25.0 Å². The maximum atomic E-state index is 11.9. The Bertz CT molecular complexity index is 582. The first-order chi connectivity index (χ1) is 9.81. The summed E-state index contributed by atoms with van der Waals surface area (Å²) in [6, 6.07) is 3.07. The maximum Gasteiger partial charge on any atom is 0.272 e. The van der Waals surface area contributed by atoms with E-state index in [4.69, 9.17) is 4.74 Å². The number of nitrogens with zero attached hydrogens (tertiary/aromatic N) is 1. The number of hydrogen-bond donors (Lipinski definition) is 2. The summed E-state index contributed by atoms with van der Waals surface area (Å²) in [4.78, 5) is 22.3. The fourth-order valence-corrected chi connectivity index (χ4v) is 2.14. The molecule has 2 N–H and O–H groups in total. The van der Waals surface area contributed by atoms with E-state index >= 15 is 0 Å².